The molecule has 0 saturated heterocycles. The fraction of sp³-hybridized carbons (Fsp3) is 0.290. The van der Waals surface area contributed by atoms with Gasteiger partial charge in [-0.2, -0.15) is 5.10 Å². The number of hydrogen-bond acceptors (Lipinski definition) is 6. The third kappa shape index (κ3) is 7.94. The number of carbonyl (C=O) groups excluding carboxylic acids is 1. The van der Waals surface area contributed by atoms with E-state index in [0.29, 0.717) is 52.7 Å². The van der Waals surface area contributed by atoms with Gasteiger partial charge in [0.2, 0.25) is 5.91 Å². The lowest BCUT2D eigenvalue weighted by Gasteiger charge is -2.23. The molecule has 1 aliphatic rings. The van der Waals surface area contributed by atoms with Crippen molar-refractivity contribution in [1.29, 1.82) is 0 Å². The average molecular weight is 596 g/mol. The minimum Gasteiger partial charge on any atom is -0.496 e. The van der Waals surface area contributed by atoms with Crippen LogP contribution in [0.4, 0.5) is 5.69 Å². The summed E-state index contributed by atoms with van der Waals surface area (Å²) < 4.78 is 19.6. The molecule has 1 N–H and O–H groups in total. The Balaban J connectivity index is 1.36. The number of ether oxygens (including phenoxy) is 3. The largest absolute Gasteiger partial charge is 0.496 e. The van der Waals surface area contributed by atoms with Gasteiger partial charge in [-0.1, -0.05) is 41.4 Å². The zero-order valence-electron chi connectivity index (χ0n) is 22.8. The van der Waals surface area contributed by atoms with Crippen LogP contribution in [-0.2, 0) is 17.9 Å². The molecule has 0 saturated carbocycles. The fourth-order valence-corrected chi connectivity index (χ4v) is 5.10. The number of para-hydroxylation sites is 2. The molecule has 0 unspecified atom stereocenters. The van der Waals surface area contributed by atoms with E-state index in [9.17, 15) is 4.79 Å². The van der Waals surface area contributed by atoms with Crippen molar-refractivity contribution in [1.82, 2.24) is 14.7 Å². The van der Waals surface area contributed by atoms with Crippen molar-refractivity contribution >= 4 is 34.8 Å². The van der Waals surface area contributed by atoms with Gasteiger partial charge in [0.25, 0.3) is 0 Å². The van der Waals surface area contributed by atoms with E-state index in [-0.39, 0.29) is 12.5 Å². The maximum atomic E-state index is 13.3. The molecule has 10 heteroatoms. The molecule has 4 aromatic rings. The van der Waals surface area contributed by atoms with Crippen molar-refractivity contribution < 1.29 is 19.0 Å². The first-order valence-electron chi connectivity index (χ1n) is 13.5. The van der Waals surface area contributed by atoms with Crippen LogP contribution in [0, 0.1) is 0 Å². The van der Waals surface area contributed by atoms with Crippen LogP contribution in [0.15, 0.2) is 73.1 Å². The lowest BCUT2D eigenvalue weighted by atomic mass is 10.1. The van der Waals surface area contributed by atoms with E-state index in [0.717, 1.165) is 42.7 Å². The Morgan fingerprint density at radius 2 is 1.80 bits per heavy atom. The summed E-state index contributed by atoms with van der Waals surface area (Å²) in [5.74, 6) is 2.33. The van der Waals surface area contributed by atoms with E-state index in [4.69, 9.17) is 37.4 Å². The van der Waals surface area contributed by atoms with Gasteiger partial charge in [0, 0.05) is 23.3 Å². The van der Waals surface area contributed by atoms with E-state index in [1.54, 1.807) is 42.4 Å². The number of benzene rings is 3. The quantitative estimate of drug-likeness (QED) is 0.267. The second-order valence-electron chi connectivity index (χ2n) is 9.86. The van der Waals surface area contributed by atoms with Crippen LogP contribution >= 0.6 is 23.2 Å². The maximum absolute atomic E-state index is 13.3. The van der Waals surface area contributed by atoms with Gasteiger partial charge in [-0.25, -0.2) is 0 Å². The molecular formula is C31H32Cl2N4O4. The second-order valence-corrected chi connectivity index (χ2v) is 10.7. The number of nitrogens with one attached hydrogen (secondary N) is 1. The van der Waals surface area contributed by atoms with Crippen LogP contribution in [0.3, 0.4) is 0 Å². The van der Waals surface area contributed by atoms with Gasteiger partial charge in [0.15, 0.2) is 17.2 Å². The molecule has 0 radical (unpaired) electrons. The summed E-state index contributed by atoms with van der Waals surface area (Å²) in [4.78, 5) is 15.5. The van der Waals surface area contributed by atoms with Crippen molar-refractivity contribution in [2.75, 3.05) is 32.1 Å². The van der Waals surface area contributed by atoms with Crippen LogP contribution in [0.5, 0.6) is 23.0 Å². The van der Waals surface area contributed by atoms with Crippen LogP contribution in [0.1, 0.15) is 30.4 Å². The molecule has 1 amide bonds. The molecule has 0 spiro atoms. The van der Waals surface area contributed by atoms with Gasteiger partial charge >= 0.3 is 0 Å². The smallest absolute Gasteiger partial charge is 0.238 e. The number of carbonyl (C=O) groups is 1. The van der Waals surface area contributed by atoms with Crippen molar-refractivity contribution in [3.05, 3.63) is 94.2 Å². The van der Waals surface area contributed by atoms with Crippen molar-refractivity contribution in [2.45, 2.75) is 32.4 Å². The van der Waals surface area contributed by atoms with E-state index < -0.39 is 0 Å². The van der Waals surface area contributed by atoms with Gasteiger partial charge in [-0.05, 0) is 73.8 Å². The monoisotopic (exact) mass is 594 g/mol. The van der Waals surface area contributed by atoms with E-state index >= 15 is 0 Å². The van der Waals surface area contributed by atoms with Gasteiger partial charge in [0.05, 0.1) is 43.7 Å². The highest BCUT2D eigenvalue weighted by Gasteiger charge is 2.17. The SMILES string of the molecule is COc1ccc(CN2CCCCCOc3ccccc3Oc3ccc(Cl)cc3NC(=O)C2)cc1Cn1cc(Cl)cn1. The number of hydrogen-bond donors (Lipinski definition) is 1. The zero-order valence-corrected chi connectivity index (χ0v) is 24.3. The number of aromatic nitrogens is 2. The van der Waals surface area contributed by atoms with E-state index in [2.05, 4.69) is 21.4 Å². The summed E-state index contributed by atoms with van der Waals surface area (Å²) in [5, 5.41) is 8.38. The fourth-order valence-electron chi connectivity index (χ4n) is 4.78. The summed E-state index contributed by atoms with van der Waals surface area (Å²) in [6, 6.07) is 18.8. The molecule has 41 heavy (non-hydrogen) atoms. The Bertz CT molecular complexity index is 1490. The summed E-state index contributed by atoms with van der Waals surface area (Å²) in [5.41, 5.74) is 2.54. The number of fused-ring (bicyclic) bond motifs is 2. The molecule has 2 heterocycles. The number of anilines is 1. The van der Waals surface area contributed by atoms with Crippen LogP contribution < -0.4 is 19.5 Å². The molecule has 0 aliphatic carbocycles. The third-order valence-corrected chi connectivity index (χ3v) is 7.14. The second kappa shape index (κ2) is 13.8. The highest BCUT2D eigenvalue weighted by molar-refractivity contribution is 6.31. The predicted octanol–water partition coefficient (Wildman–Crippen LogP) is 7.04. The van der Waals surface area contributed by atoms with Crippen LogP contribution in [0.25, 0.3) is 0 Å². The summed E-state index contributed by atoms with van der Waals surface area (Å²) in [6.07, 6.45) is 6.16. The van der Waals surface area contributed by atoms with E-state index in [1.807, 2.05) is 36.4 Å². The maximum Gasteiger partial charge on any atom is 0.238 e. The van der Waals surface area contributed by atoms with Gasteiger partial charge in [-0.15, -0.1) is 0 Å². The first-order chi connectivity index (χ1) is 20.0. The minimum atomic E-state index is -0.156. The molecular weight excluding hydrogens is 563 g/mol. The van der Waals surface area contributed by atoms with E-state index in [1.165, 1.54) is 0 Å². The third-order valence-electron chi connectivity index (χ3n) is 6.71. The molecule has 1 aliphatic heterocycles. The number of amides is 1. The van der Waals surface area contributed by atoms with Crippen molar-refractivity contribution in [2.24, 2.45) is 0 Å². The summed E-state index contributed by atoms with van der Waals surface area (Å²) in [6.45, 7) is 2.63. The highest BCUT2D eigenvalue weighted by atomic mass is 35.5. The van der Waals surface area contributed by atoms with Crippen molar-refractivity contribution in [3.63, 3.8) is 0 Å². The Hall–Kier alpha value is -3.72. The first-order valence-corrected chi connectivity index (χ1v) is 14.3. The Morgan fingerprint density at radius 3 is 2.61 bits per heavy atom. The molecule has 0 fully saturated rings. The Morgan fingerprint density at radius 1 is 0.951 bits per heavy atom. The van der Waals surface area contributed by atoms with Crippen molar-refractivity contribution in [3.8, 4) is 23.0 Å². The molecule has 1 aromatic heterocycles. The Labute approximate surface area is 249 Å². The van der Waals surface area contributed by atoms with Gasteiger partial charge < -0.3 is 19.5 Å². The Kier molecular flexibility index (Phi) is 9.67. The van der Waals surface area contributed by atoms with Gasteiger partial charge in [-0.3, -0.25) is 14.4 Å². The highest BCUT2D eigenvalue weighted by Crippen LogP contribution is 2.36. The number of halogens is 2. The number of rotatable bonds is 5. The first kappa shape index (κ1) is 28.8. The standard InChI is InChI=1S/C31H32Cl2N4O4/c1-39-27-11-9-22(15-23(27)19-37-20-25(33)17-34-37)18-36-13-5-2-6-14-40-29-7-3-4-8-30(29)41-28-12-10-24(32)16-26(28)35-31(38)21-36/h3-4,7-12,15-17,20H,2,5-6,13-14,18-19,21H2,1H3,(H,35,38). The minimum absolute atomic E-state index is 0.156. The number of methoxy groups -OCH3 is 1. The summed E-state index contributed by atoms with van der Waals surface area (Å²) >= 11 is 12.3. The topological polar surface area (TPSA) is 77.9 Å². The molecule has 214 valence electrons. The lowest BCUT2D eigenvalue weighted by molar-refractivity contribution is -0.117. The van der Waals surface area contributed by atoms with Gasteiger partial charge in [0.1, 0.15) is 5.75 Å². The lowest BCUT2D eigenvalue weighted by Crippen LogP contribution is -2.33. The average Bonchev–Trinajstić information content (AvgIpc) is 3.36. The predicted molar refractivity (Wildman–Crippen MR) is 161 cm³/mol. The molecule has 3 aromatic carbocycles. The normalized spacial score (nSPS) is 14.9. The van der Waals surface area contributed by atoms with Crippen LogP contribution in [-0.4, -0.2) is 47.4 Å². The molecule has 8 nitrogen and oxygen atoms in total. The molecule has 5 rings (SSSR count). The summed E-state index contributed by atoms with van der Waals surface area (Å²) in [7, 11) is 1.65. The molecule has 0 bridgehead atoms. The number of nitrogens with zero attached hydrogens (tertiary/aromatic N) is 3. The van der Waals surface area contributed by atoms with Crippen LogP contribution in [0.2, 0.25) is 10.0 Å². The molecule has 0 atom stereocenters. The zero-order chi connectivity index (χ0) is 28.6.